The Labute approximate surface area is 105 Å². The van der Waals surface area contributed by atoms with Gasteiger partial charge in [0.15, 0.2) is 0 Å². The Morgan fingerprint density at radius 1 is 1.00 bits per heavy atom. The zero-order chi connectivity index (χ0) is 12.3. The third kappa shape index (κ3) is 6.44. The molecule has 1 rings (SSSR count). The van der Waals surface area contributed by atoms with Crippen molar-refractivity contribution in [1.29, 1.82) is 0 Å². The molecule has 1 N–H and O–H groups in total. The van der Waals surface area contributed by atoms with Crippen LogP contribution < -0.4 is 5.32 Å². The molecule has 0 spiro atoms. The van der Waals surface area contributed by atoms with Crippen LogP contribution in [0.5, 0.6) is 0 Å². The predicted octanol–water partition coefficient (Wildman–Crippen LogP) is 3.16. The summed E-state index contributed by atoms with van der Waals surface area (Å²) in [6.45, 7) is 5.15. The van der Waals surface area contributed by atoms with Crippen molar-refractivity contribution < 1.29 is 4.74 Å². The van der Waals surface area contributed by atoms with Crippen LogP contribution in [0.2, 0.25) is 0 Å². The molecule has 1 aromatic rings. The summed E-state index contributed by atoms with van der Waals surface area (Å²) in [6, 6.07) is 8.87. The van der Waals surface area contributed by atoms with Crippen LogP contribution in [0.4, 0.5) is 0 Å². The Bertz CT molecular complexity index is 281. The minimum atomic E-state index is 0.887. The molecular formula is C15H25NO. The Kier molecular flexibility index (Phi) is 7.69. The average molecular weight is 235 g/mol. The van der Waals surface area contributed by atoms with Crippen LogP contribution in [0.1, 0.15) is 37.3 Å². The zero-order valence-electron chi connectivity index (χ0n) is 11.2. The monoisotopic (exact) mass is 235 g/mol. The summed E-state index contributed by atoms with van der Waals surface area (Å²) >= 11 is 0. The Morgan fingerprint density at radius 2 is 1.71 bits per heavy atom. The molecule has 0 atom stereocenters. The smallest absolute Gasteiger partial charge is 0.0462 e. The predicted molar refractivity (Wildman–Crippen MR) is 73.3 cm³/mol. The van der Waals surface area contributed by atoms with Crippen molar-refractivity contribution in [3.8, 4) is 0 Å². The SMILES string of the molecule is CCc1ccc(CNCCCCCOC)cc1. The molecule has 0 aromatic heterocycles. The van der Waals surface area contributed by atoms with Gasteiger partial charge in [0.2, 0.25) is 0 Å². The Balaban J connectivity index is 2.05. The van der Waals surface area contributed by atoms with Gasteiger partial charge in [0, 0.05) is 20.3 Å². The maximum atomic E-state index is 5.02. The molecule has 0 bridgehead atoms. The lowest BCUT2D eigenvalue weighted by atomic mass is 10.1. The normalized spacial score (nSPS) is 10.7. The minimum Gasteiger partial charge on any atom is -0.385 e. The molecular weight excluding hydrogens is 210 g/mol. The summed E-state index contributed by atoms with van der Waals surface area (Å²) < 4.78 is 5.02. The third-order valence-electron chi connectivity index (χ3n) is 2.96. The molecule has 0 amide bonds. The van der Waals surface area contributed by atoms with Crippen molar-refractivity contribution in [2.75, 3.05) is 20.3 Å². The molecule has 0 aliphatic heterocycles. The summed E-state index contributed by atoms with van der Waals surface area (Å²) in [5.41, 5.74) is 2.78. The first-order chi connectivity index (χ1) is 8.36. The minimum absolute atomic E-state index is 0.887. The van der Waals surface area contributed by atoms with Crippen LogP contribution in [0.15, 0.2) is 24.3 Å². The van der Waals surface area contributed by atoms with Crippen LogP contribution in [0.25, 0.3) is 0 Å². The lowest BCUT2D eigenvalue weighted by molar-refractivity contribution is 0.192. The fourth-order valence-corrected chi connectivity index (χ4v) is 1.80. The lowest BCUT2D eigenvalue weighted by Crippen LogP contribution is -2.14. The highest BCUT2D eigenvalue weighted by atomic mass is 16.5. The van der Waals surface area contributed by atoms with Gasteiger partial charge in [-0.3, -0.25) is 0 Å². The van der Waals surface area contributed by atoms with Gasteiger partial charge in [-0.05, 0) is 43.4 Å². The number of unbranched alkanes of at least 4 members (excludes halogenated alkanes) is 2. The first-order valence-corrected chi connectivity index (χ1v) is 6.64. The van der Waals surface area contributed by atoms with E-state index in [-0.39, 0.29) is 0 Å². The molecule has 0 saturated heterocycles. The van der Waals surface area contributed by atoms with Gasteiger partial charge in [-0.1, -0.05) is 31.2 Å². The number of methoxy groups -OCH3 is 1. The van der Waals surface area contributed by atoms with Crippen molar-refractivity contribution >= 4 is 0 Å². The van der Waals surface area contributed by atoms with Crippen molar-refractivity contribution in [2.45, 2.75) is 39.2 Å². The van der Waals surface area contributed by atoms with E-state index in [0.29, 0.717) is 0 Å². The van der Waals surface area contributed by atoms with E-state index in [9.17, 15) is 0 Å². The van der Waals surface area contributed by atoms with E-state index < -0.39 is 0 Å². The zero-order valence-corrected chi connectivity index (χ0v) is 11.2. The molecule has 17 heavy (non-hydrogen) atoms. The molecule has 0 unspecified atom stereocenters. The standard InChI is InChI=1S/C15H25NO/c1-3-14-7-9-15(10-8-14)13-16-11-5-4-6-12-17-2/h7-10,16H,3-6,11-13H2,1-2H3. The average Bonchev–Trinajstić information content (AvgIpc) is 2.38. The van der Waals surface area contributed by atoms with Gasteiger partial charge >= 0.3 is 0 Å². The number of aryl methyl sites for hydroxylation is 1. The molecule has 0 fully saturated rings. The second kappa shape index (κ2) is 9.20. The number of nitrogens with one attached hydrogen (secondary N) is 1. The third-order valence-corrected chi connectivity index (χ3v) is 2.96. The molecule has 0 aliphatic rings. The number of hydrogen-bond acceptors (Lipinski definition) is 2. The molecule has 96 valence electrons. The maximum absolute atomic E-state index is 5.02. The van der Waals surface area contributed by atoms with Crippen molar-refractivity contribution in [1.82, 2.24) is 5.32 Å². The summed E-state index contributed by atoms with van der Waals surface area (Å²) in [4.78, 5) is 0. The number of ether oxygens (including phenoxy) is 1. The summed E-state index contributed by atoms with van der Waals surface area (Å²) in [5, 5.41) is 3.48. The number of benzene rings is 1. The van der Waals surface area contributed by atoms with E-state index >= 15 is 0 Å². The first-order valence-electron chi connectivity index (χ1n) is 6.64. The Morgan fingerprint density at radius 3 is 2.35 bits per heavy atom. The van der Waals surface area contributed by atoms with Crippen molar-refractivity contribution in [2.24, 2.45) is 0 Å². The van der Waals surface area contributed by atoms with Gasteiger partial charge in [0.25, 0.3) is 0 Å². The highest BCUT2D eigenvalue weighted by Crippen LogP contribution is 2.04. The first kappa shape index (κ1) is 14.2. The number of hydrogen-bond donors (Lipinski definition) is 1. The molecule has 0 radical (unpaired) electrons. The van der Waals surface area contributed by atoms with Crippen molar-refractivity contribution in [3.63, 3.8) is 0 Å². The van der Waals surface area contributed by atoms with Crippen LogP contribution >= 0.6 is 0 Å². The lowest BCUT2D eigenvalue weighted by Gasteiger charge is -2.05. The fourth-order valence-electron chi connectivity index (χ4n) is 1.80. The molecule has 0 heterocycles. The van der Waals surface area contributed by atoms with Crippen LogP contribution in [0.3, 0.4) is 0 Å². The topological polar surface area (TPSA) is 21.3 Å². The van der Waals surface area contributed by atoms with E-state index in [1.165, 1.54) is 30.4 Å². The van der Waals surface area contributed by atoms with E-state index in [4.69, 9.17) is 4.74 Å². The number of rotatable bonds is 9. The van der Waals surface area contributed by atoms with Crippen LogP contribution in [-0.2, 0) is 17.7 Å². The second-order valence-corrected chi connectivity index (χ2v) is 4.40. The largest absolute Gasteiger partial charge is 0.385 e. The van der Waals surface area contributed by atoms with E-state index in [2.05, 4.69) is 36.5 Å². The molecule has 2 nitrogen and oxygen atoms in total. The van der Waals surface area contributed by atoms with E-state index in [1.54, 1.807) is 7.11 Å². The summed E-state index contributed by atoms with van der Waals surface area (Å²) in [5.74, 6) is 0. The van der Waals surface area contributed by atoms with Crippen LogP contribution in [0, 0.1) is 0 Å². The molecule has 1 aromatic carbocycles. The highest BCUT2D eigenvalue weighted by molar-refractivity contribution is 5.22. The van der Waals surface area contributed by atoms with Gasteiger partial charge in [0.05, 0.1) is 0 Å². The highest BCUT2D eigenvalue weighted by Gasteiger charge is 1.94. The molecule has 0 saturated carbocycles. The van der Waals surface area contributed by atoms with Gasteiger partial charge in [-0.25, -0.2) is 0 Å². The fraction of sp³-hybridized carbons (Fsp3) is 0.600. The summed E-state index contributed by atoms with van der Waals surface area (Å²) in [7, 11) is 1.76. The van der Waals surface area contributed by atoms with Crippen molar-refractivity contribution in [3.05, 3.63) is 35.4 Å². The van der Waals surface area contributed by atoms with Crippen LogP contribution in [-0.4, -0.2) is 20.3 Å². The van der Waals surface area contributed by atoms with E-state index in [1.807, 2.05) is 0 Å². The van der Waals surface area contributed by atoms with E-state index in [0.717, 1.165) is 26.1 Å². The van der Waals surface area contributed by atoms with Gasteiger partial charge < -0.3 is 10.1 Å². The van der Waals surface area contributed by atoms with Gasteiger partial charge in [0.1, 0.15) is 0 Å². The Hall–Kier alpha value is -0.860. The summed E-state index contributed by atoms with van der Waals surface area (Å²) in [6.07, 6.45) is 4.77. The molecule has 2 heteroatoms. The second-order valence-electron chi connectivity index (χ2n) is 4.40. The maximum Gasteiger partial charge on any atom is 0.0462 e. The molecule has 0 aliphatic carbocycles. The quantitative estimate of drug-likeness (QED) is 0.664. The van der Waals surface area contributed by atoms with Gasteiger partial charge in [-0.2, -0.15) is 0 Å². The van der Waals surface area contributed by atoms with Gasteiger partial charge in [-0.15, -0.1) is 0 Å².